The van der Waals surface area contributed by atoms with Crippen molar-refractivity contribution in [3.63, 3.8) is 0 Å². The van der Waals surface area contributed by atoms with Crippen molar-refractivity contribution in [3.8, 4) is 0 Å². The second kappa shape index (κ2) is 2.69. The van der Waals surface area contributed by atoms with Crippen LogP contribution >= 0.6 is 0 Å². The standard InChI is InChI=1S/C8H12N2/c1-4-10-6-8(5-9-10)7(2)3/h4-7H,1H2,2-3H3. The van der Waals surface area contributed by atoms with Crippen molar-refractivity contribution >= 4 is 6.20 Å². The molecule has 0 aromatic carbocycles. The van der Waals surface area contributed by atoms with Crippen molar-refractivity contribution in [3.05, 3.63) is 24.5 Å². The Morgan fingerprint density at radius 3 is 2.70 bits per heavy atom. The van der Waals surface area contributed by atoms with Gasteiger partial charge in [-0.3, -0.25) is 0 Å². The molecule has 0 fully saturated rings. The van der Waals surface area contributed by atoms with Crippen LogP contribution in [0.4, 0.5) is 0 Å². The topological polar surface area (TPSA) is 17.8 Å². The van der Waals surface area contributed by atoms with Crippen molar-refractivity contribution in [1.82, 2.24) is 9.78 Å². The zero-order valence-corrected chi connectivity index (χ0v) is 6.41. The molecule has 0 saturated heterocycles. The summed E-state index contributed by atoms with van der Waals surface area (Å²) in [5.41, 5.74) is 1.25. The van der Waals surface area contributed by atoms with E-state index < -0.39 is 0 Å². The molecule has 1 heterocycles. The van der Waals surface area contributed by atoms with Crippen LogP contribution < -0.4 is 0 Å². The van der Waals surface area contributed by atoms with Gasteiger partial charge in [0.15, 0.2) is 0 Å². The van der Waals surface area contributed by atoms with E-state index in [1.807, 2.05) is 12.4 Å². The number of hydrogen-bond acceptors (Lipinski definition) is 1. The molecule has 1 aromatic heterocycles. The van der Waals surface area contributed by atoms with Crippen molar-refractivity contribution in [2.75, 3.05) is 0 Å². The van der Waals surface area contributed by atoms with E-state index in [0.717, 1.165) is 0 Å². The molecule has 1 rings (SSSR count). The van der Waals surface area contributed by atoms with E-state index in [0.29, 0.717) is 5.92 Å². The van der Waals surface area contributed by atoms with Gasteiger partial charge in [-0.15, -0.1) is 0 Å². The van der Waals surface area contributed by atoms with Gasteiger partial charge in [0, 0.05) is 12.4 Å². The maximum atomic E-state index is 4.05. The minimum absolute atomic E-state index is 0.550. The van der Waals surface area contributed by atoms with Gasteiger partial charge < -0.3 is 0 Å². The highest BCUT2D eigenvalue weighted by molar-refractivity contribution is 5.19. The molecule has 54 valence electrons. The fourth-order valence-corrected chi connectivity index (χ4v) is 0.751. The molecule has 0 N–H and O–H groups in total. The van der Waals surface area contributed by atoms with Crippen LogP contribution in [0.5, 0.6) is 0 Å². The molecule has 1 aromatic rings. The lowest BCUT2D eigenvalue weighted by molar-refractivity contribution is 0.865. The van der Waals surface area contributed by atoms with Crippen LogP contribution in [0, 0.1) is 0 Å². The van der Waals surface area contributed by atoms with Crippen LogP contribution in [0.3, 0.4) is 0 Å². The molecule has 2 heteroatoms. The first kappa shape index (κ1) is 7.06. The zero-order chi connectivity index (χ0) is 7.56. The van der Waals surface area contributed by atoms with Gasteiger partial charge in [-0.05, 0) is 11.5 Å². The van der Waals surface area contributed by atoms with E-state index in [9.17, 15) is 0 Å². The predicted octanol–water partition coefficient (Wildman–Crippen LogP) is 2.11. The number of nitrogens with zero attached hydrogens (tertiary/aromatic N) is 2. The quantitative estimate of drug-likeness (QED) is 0.608. The summed E-state index contributed by atoms with van der Waals surface area (Å²) in [5, 5.41) is 4.05. The minimum Gasteiger partial charge on any atom is -0.249 e. The largest absolute Gasteiger partial charge is 0.249 e. The van der Waals surface area contributed by atoms with Gasteiger partial charge in [0.05, 0.1) is 6.20 Å². The third kappa shape index (κ3) is 1.26. The molecule has 0 atom stereocenters. The van der Waals surface area contributed by atoms with Crippen molar-refractivity contribution in [2.24, 2.45) is 0 Å². The van der Waals surface area contributed by atoms with Crippen LogP contribution in [-0.4, -0.2) is 9.78 Å². The molecule has 0 aliphatic heterocycles. The lowest BCUT2D eigenvalue weighted by Crippen LogP contribution is -1.83. The predicted molar refractivity (Wildman–Crippen MR) is 42.7 cm³/mol. The first-order chi connectivity index (χ1) is 4.74. The summed E-state index contributed by atoms with van der Waals surface area (Å²) in [4.78, 5) is 0. The Bertz CT molecular complexity index is 223. The fourth-order valence-electron chi connectivity index (χ4n) is 0.751. The Kier molecular flexibility index (Phi) is 1.90. The van der Waals surface area contributed by atoms with Crippen molar-refractivity contribution in [1.29, 1.82) is 0 Å². The summed E-state index contributed by atoms with van der Waals surface area (Å²) in [7, 11) is 0. The number of aromatic nitrogens is 2. The molecule has 0 spiro atoms. The molecule has 2 nitrogen and oxygen atoms in total. The van der Waals surface area contributed by atoms with Gasteiger partial charge in [-0.25, -0.2) is 4.68 Å². The van der Waals surface area contributed by atoms with E-state index in [-0.39, 0.29) is 0 Å². The fraction of sp³-hybridized carbons (Fsp3) is 0.375. The van der Waals surface area contributed by atoms with Crippen molar-refractivity contribution in [2.45, 2.75) is 19.8 Å². The highest BCUT2D eigenvalue weighted by Crippen LogP contribution is 2.11. The summed E-state index contributed by atoms with van der Waals surface area (Å²) in [6.07, 6.45) is 5.54. The van der Waals surface area contributed by atoms with Crippen LogP contribution in [0.25, 0.3) is 6.20 Å². The SMILES string of the molecule is C=Cn1cc(C(C)C)cn1. The second-order valence-corrected chi connectivity index (χ2v) is 2.59. The first-order valence-corrected chi connectivity index (χ1v) is 3.40. The Morgan fingerprint density at radius 1 is 1.70 bits per heavy atom. The summed E-state index contributed by atoms with van der Waals surface area (Å²) in [5.74, 6) is 0.550. The number of hydrogen-bond donors (Lipinski definition) is 0. The smallest absolute Gasteiger partial charge is 0.0528 e. The average Bonchev–Trinajstić information content (AvgIpc) is 2.34. The molecule has 0 bridgehead atoms. The summed E-state index contributed by atoms with van der Waals surface area (Å²) < 4.78 is 1.72. The first-order valence-electron chi connectivity index (χ1n) is 3.40. The summed E-state index contributed by atoms with van der Waals surface area (Å²) >= 11 is 0. The van der Waals surface area contributed by atoms with Crippen LogP contribution in [0.15, 0.2) is 19.0 Å². The lowest BCUT2D eigenvalue weighted by atomic mass is 10.1. The summed E-state index contributed by atoms with van der Waals surface area (Å²) in [6, 6.07) is 0. The Morgan fingerprint density at radius 2 is 2.40 bits per heavy atom. The summed E-state index contributed by atoms with van der Waals surface area (Å²) in [6.45, 7) is 7.89. The monoisotopic (exact) mass is 136 g/mol. The second-order valence-electron chi connectivity index (χ2n) is 2.59. The van der Waals surface area contributed by atoms with Gasteiger partial charge in [0.2, 0.25) is 0 Å². The average molecular weight is 136 g/mol. The van der Waals surface area contributed by atoms with Crippen LogP contribution in [-0.2, 0) is 0 Å². The van der Waals surface area contributed by atoms with Gasteiger partial charge in [-0.2, -0.15) is 5.10 Å². The van der Waals surface area contributed by atoms with E-state index >= 15 is 0 Å². The van der Waals surface area contributed by atoms with Crippen LogP contribution in [0.2, 0.25) is 0 Å². The van der Waals surface area contributed by atoms with Crippen LogP contribution in [0.1, 0.15) is 25.3 Å². The molecule has 0 radical (unpaired) electrons. The molecular weight excluding hydrogens is 124 g/mol. The molecular formula is C8H12N2. The third-order valence-corrected chi connectivity index (χ3v) is 1.48. The van der Waals surface area contributed by atoms with Gasteiger partial charge in [0.1, 0.15) is 0 Å². The minimum atomic E-state index is 0.550. The number of rotatable bonds is 2. The normalized spacial score (nSPS) is 10.3. The molecule has 0 saturated carbocycles. The van der Waals surface area contributed by atoms with Gasteiger partial charge in [-0.1, -0.05) is 20.4 Å². The highest BCUT2D eigenvalue weighted by atomic mass is 15.2. The molecule has 0 unspecified atom stereocenters. The molecule has 0 aliphatic rings. The molecule has 10 heavy (non-hydrogen) atoms. The molecule has 0 aliphatic carbocycles. The van der Waals surface area contributed by atoms with E-state index in [4.69, 9.17) is 0 Å². The Hall–Kier alpha value is -1.05. The van der Waals surface area contributed by atoms with Gasteiger partial charge in [0.25, 0.3) is 0 Å². The third-order valence-electron chi connectivity index (χ3n) is 1.48. The Balaban J connectivity index is 2.88. The Labute approximate surface area is 61.2 Å². The van der Waals surface area contributed by atoms with E-state index in [2.05, 4.69) is 25.5 Å². The maximum absolute atomic E-state index is 4.05. The van der Waals surface area contributed by atoms with E-state index in [1.54, 1.807) is 10.9 Å². The molecule has 0 amide bonds. The highest BCUT2D eigenvalue weighted by Gasteiger charge is 1.99. The van der Waals surface area contributed by atoms with Crippen molar-refractivity contribution < 1.29 is 0 Å². The van der Waals surface area contributed by atoms with E-state index in [1.165, 1.54) is 5.56 Å². The van der Waals surface area contributed by atoms with Gasteiger partial charge >= 0.3 is 0 Å². The zero-order valence-electron chi connectivity index (χ0n) is 6.41. The lowest BCUT2D eigenvalue weighted by Gasteiger charge is -1.95. The maximum Gasteiger partial charge on any atom is 0.0528 e.